The summed E-state index contributed by atoms with van der Waals surface area (Å²) in [5.74, 6) is 0.256. The Labute approximate surface area is 109 Å². The average molecular weight is 282 g/mol. The minimum atomic E-state index is -3.04. The molecule has 1 aliphatic heterocycles. The van der Waals surface area contributed by atoms with E-state index in [1.54, 1.807) is 6.07 Å². The zero-order valence-electron chi connectivity index (χ0n) is 9.74. The van der Waals surface area contributed by atoms with Gasteiger partial charge in [0.15, 0.2) is 9.84 Å². The third-order valence-electron chi connectivity index (χ3n) is 2.78. The quantitative estimate of drug-likeness (QED) is 0.630. The second kappa shape index (κ2) is 4.81. The number of aromatic nitrogens is 1. The van der Waals surface area contributed by atoms with Crippen LogP contribution in [0.1, 0.15) is 12.0 Å². The maximum absolute atomic E-state index is 11.3. The van der Waals surface area contributed by atoms with Crippen molar-refractivity contribution in [2.24, 2.45) is 0 Å². The third kappa shape index (κ3) is 2.97. The van der Waals surface area contributed by atoms with Crippen molar-refractivity contribution in [3.63, 3.8) is 0 Å². The molecule has 2 heterocycles. The molecular weight excluding hydrogens is 272 g/mol. The van der Waals surface area contributed by atoms with Crippen LogP contribution >= 0.6 is 0 Å². The van der Waals surface area contributed by atoms with Gasteiger partial charge in [-0.3, -0.25) is 10.1 Å². The molecule has 1 saturated heterocycles. The molecule has 2 rings (SSSR count). The first kappa shape index (κ1) is 13.2. The first-order valence-corrected chi connectivity index (χ1v) is 7.25. The van der Waals surface area contributed by atoms with Gasteiger partial charge >= 0.3 is 0 Å². The summed E-state index contributed by atoms with van der Waals surface area (Å²) < 4.78 is 22.6. The summed E-state index contributed by atoms with van der Waals surface area (Å²) in [4.78, 5) is 13.7. The summed E-state index contributed by atoms with van der Waals surface area (Å²) in [5.41, 5.74) is -0.250. The molecule has 0 bridgehead atoms. The van der Waals surface area contributed by atoms with Crippen LogP contribution in [0.5, 0.6) is 0 Å². The molecule has 0 spiro atoms. The fraction of sp³-hybridized carbons (Fsp3) is 0.400. The number of nitriles is 1. The molecule has 100 valence electrons. The van der Waals surface area contributed by atoms with Crippen LogP contribution in [0.15, 0.2) is 12.3 Å². The SMILES string of the molecule is N#Cc1cc([N+](=O)[O-])cnc1NC1CCS(=O)(=O)C1. The van der Waals surface area contributed by atoms with Gasteiger partial charge in [0.25, 0.3) is 5.69 Å². The van der Waals surface area contributed by atoms with Gasteiger partial charge in [0.1, 0.15) is 23.6 Å². The highest BCUT2D eigenvalue weighted by molar-refractivity contribution is 7.91. The number of hydrogen-bond donors (Lipinski definition) is 1. The summed E-state index contributed by atoms with van der Waals surface area (Å²) in [6.07, 6.45) is 1.47. The van der Waals surface area contributed by atoms with E-state index >= 15 is 0 Å². The molecule has 1 atom stereocenters. The lowest BCUT2D eigenvalue weighted by molar-refractivity contribution is -0.385. The van der Waals surface area contributed by atoms with E-state index in [0.717, 1.165) is 12.3 Å². The second-order valence-corrected chi connectivity index (χ2v) is 6.43. The Morgan fingerprint density at radius 3 is 2.84 bits per heavy atom. The molecule has 0 aliphatic carbocycles. The summed E-state index contributed by atoms with van der Waals surface area (Å²) in [5, 5.41) is 22.3. The number of anilines is 1. The lowest BCUT2D eigenvalue weighted by atomic mass is 10.2. The highest BCUT2D eigenvalue weighted by atomic mass is 32.2. The smallest absolute Gasteiger partial charge is 0.289 e. The van der Waals surface area contributed by atoms with Gasteiger partial charge in [-0.15, -0.1) is 0 Å². The maximum atomic E-state index is 11.3. The van der Waals surface area contributed by atoms with Crippen molar-refractivity contribution in [1.82, 2.24) is 4.98 Å². The highest BCUT2D eigenvalue weighted by Crippen LogP contribution is 2.21. The van der Waals surface area contributed by atoms with E-state index in [2.05, 4.69) is 10.3 Å². The van der Waals surface area contributed by atoms with Crippen LogP contribution in [0.2, 0.25) is 0 Å². The van der Waals surface area contributed by atoms with Gasteiger partial charge in [0.05, 0.1) is 16.4 Å². The van der Waals surface area contributed by atoms with Crippen molar-refractivity contribution >= 4 is 21.3 Å². The number of nitrogens with zero attached hydrogens (tertiary/aromatic N) is 3. The van der Waals surface area contributed by atoms with Crippen molar-refractivity contribution in [3.8, 4) is 6.07 Å². The number of sulfone groups is 1. The topological polar surface area (TPSA) is 126 Å². The van der Waals surface area contributed by atoms with Crippen LogP contribution in [0.3, 0.4) is 0 Å². The summed E-state index contributed by atoms with van der Waals surface area (Å²) >= 11 is 0. The lowest BCUT2D eigenvalue weighted by Crippen LogP contribution is -2.21. The van der Waals surface area contributed by atoms with Gasteiger partial charge in [-0.25, -0.2) is 13.4 Å². The largest absolute Gasteiger partial charge is 0.365 e. The predicted octanol–water partition coefficient (Wildman–Crippen LogP) is 0.460. The summed E-state index contributed by atoms with van der Waals surface area (Å²) in [7, 11) is -3.04. The van der Waals surface area contributed by atoms with Gasteiger partial charge in [-0.05, 0) is 6.42 Å². The molecule has 19 heavy (non-hydrogen) atoms. The van der Waals surface area contributed by atoms with Crippen LogP contribution < -0.4 is 5.32 Å². The molecular formula is C10H10N4O4S. The molecule has 0 aromatic carbocycles. The predicted molar refractivity (Wildman–Crippen MR) is 66.3 cm³/mol. The van der Waals surface area contributed by atoms with E-state index in [-0.39, 0.29) is 34.6 Å². The molecule has 8 nitrogen and oxygen atoms in total. The first-order valence-electron chi connectivity index (χ1n) is 5.43. The van der Waals surface area contributed by atoms with Crippen molar-refractivity contribution in [2.45, 2.75) is 12.5 Å². The molecule has 9 heteroatoms. The fourth-order valence-corrected chi connectivity index (χ4v) is 3.53. The Morgan fingerprint density at radius 1 is 1.58 bits per heavy atom. The van der Waals surface area contributed by atoms with E-state index < -0.39 is 14.8 Å². The standard InChI is InChI=1S/C10H10N4O4S/c11-4-7-3-9(14(15)16)5-12-10(7)13-8-1-2-19(17,18)6-8/h3,5,8H,1-2,6H2,(H,12,13). The zero-order valence-corrected chi connectivity index (χ0v) is 10.6. The first-order chi connectivity index (χ1) is 8.91. The highest BCUT2D eigenvalue weighted by Gasteiger charge is 2.28. The van der Waals surface area contributed by atoms with Gasteiger partial charge in [-0.2, -0.15) is 5.26 Å². The Hall–Kier alpha value is -2.21. The van der Waals surface area contributed by atoms with Crippen LogP contribution in [-0.2, 0) is 9.84 Å². The fourth-order valence-electron chi connectivity index (χ4n) is 1.86. The molecule has 1 N–H and O–H groups in total. The number of rotatable bonds is 3. The normalized spacial score (nSPS) is 20.7. The molecule has 1 aromatic rings. The number of nitrogens with one attached hydrogen (secondary N) is 1. The Balaban J connectivity index is 2.22. The Bertz CT molecular complexity index is 665. The average Bonchev–Trinajstić information content (AvgIpc) is 2.69. The van der Waals surface area contributed by atoms with Crippen LogP contribution in [0.25, 0.3) is 0 Å². The van der Waals surface area contributed by atoms with Gasteiger partial charge in [0, 0.05) is 12.1 Å². The lowest BCUT2D eigenvalue weighted by Gasteiger charge is -2.12. The molecule has 0 amide bonds. The van der Waals surface area contributed by atoms with E-state index in [4.69, 9.17) is 5.26 Å². The van der Waals surface area contributed by atoms with Gasteiger partial charge in [-0.1, -0.05) is 0 Å². The van der Waals surface area contributed by atoms with Crippen molar-refractivity contribution in [1.29, 1.82) is 5.26 Å². The molecule has 1 aromatic heterocycles. The molecule has 0 saturated carbocycles. The molecule has 1 fully saturated rings. The van der Waals surface area contributed by atoms with E-state index in [1.807, 2.05) is 0 Å². The number of pyridine rings is 1. The minimum Gasteiger partial charge on any atom is -0.365 e. The van der Waals surface area contributed by atoms with E-state index in [9.17, 15) is 18.5 Å². The zero-order chi connectivity index (χ0) is 14.0. The van der Waals surface area contributed by atoms with Crippen LogP contribution in [-0.4, -0.2) is 35.9 Å². The number of hydrogen-bond acceptors (Lipinski definition) is 7. The molecule has 1 aliphatic rings. The summed E-state index contributed by atoms with van der Waals surface area (Å²) in [6, 6.07) is 2.60. The van der Waals surface area contributed by atoms with Crippen LogP contribution in [0, 0.1) is 21.4 Å². The van der Waals surface area contributed by atoms with Crippen LogP contribution in [0.4, 0.5) is 11.5 Å². The minimum absolute atomic E-state index is 0.0173. The van der Waals surface area contributed by atoms with Gasteiger partial charge < -0.3 is 5.32 Å². The van der Waals surface area contributed by atoms with Crippen molar-refractivity contribution in [2.75, 3.05) is 16.8 Å². The van der Waals surface area contributed by atoms with E-state index in [1.165, 1.54) is 0 Å². The Morgan fingerprint density at radius 2 is 2.32 bits per heavy atom. The monoisotopic (exact) mass is 282 g/mol. The van der Waals surface area contributed by atoms with E-state index in [0.29, 0.717) is 6.42 Å². The number of nitro groups is 1. The maximum Gasteiger partial charge on any atom is 0.289 e. The molecule has 1 unspecified atom stereocenters. The van der Waals surface area contributed by atoms with Crippen molar-refractivity contribution < 1.29 is 13.3 Å². The van der Waals surface area contributed by atoms with Crippen molar-refractivity contribution in [3.05, 3.63) is 27.9 Å². The molecule has 0 radical (unpaired) electrons. The Kier molecular flexibility index (Phi) is 3.35. The summed E-state index contributed by atoms with van der Waals surface area (Å²) in [6.45, 7) is 0. The van der Waals surface area contributed by atoms with Gasteiger partial charge in [0.2, 0.25) is 0 Å². The second-order valence-electron chi connectivity index (χ2n) is 4.20. The third-order valence-corrected chi connectivity index (χ3v) is 4.55.